The van der Waals surface area contributed by atoms with Crippen LogP contribution < -0.4 is 20.1 Å². The van der Waals surface area contributed by atoms with Crippen LogP contribution in [0.1, 0.15) is 13.8 Å². The van der Waals surface area contributed by atoms with Gasteiger partial charge < -0.3 is 20.1 Å². The quantitative estimate of drug-likeness (QED) is 0.652. The Bertz CT molecular complexity index is 900. The Balaban J connectivity index is 1.99. The summed E-state index contributed by atoms with van der Waals surface area (Å²) < 4.78 is 10.7. The topological polar surface area (TPSA) is 81.2 Å². The molecule has 0 saturated heterocycles. The van der Waals surface area contributed by atoms with Crippen LogP contribution in [0.5, 0.6) is 11.5 Å². The van der Waals surface area contributed by atoms with E-state index in [0.717, 1.165) is 22.7 Å². The van der Waals surface area contributed by atoms with Gasteiger partial charge in [0.15, 0.2) is 0 Å². The molecule has 0 bridgehead atoms. The molecule has 0 fully saturated rings. The van der Waals surface area contributed by atoms with Gasteiger partial charge in [-0.15, -0.1) is 0 Å². The molecular weight excluding hydrogens is 342 g/mol. The van der Waals surface area contributed by atoms with Crippen molar-refractivity contribution in [1.29, 1.82) is 0 Å². The fourth-order valence-electron chi connectivity index (χ4n) is 2.54. The largest absolute Gasteiger partial charge is 0.497 e. The fourth-order valence-corrected chi connectivity index (χ4v) is 2.54. The number of ether oxygens (including phenoxy) is 2. The molecule has 27 heavy (non-hydrogen) atoms. The Morgan fingerprint density at radius 3 is 2.52 bits per heavy atom. The molecule has 0 aliphatic rings. The highest BCUT2D eigenvalue weighted by Crippen LogP contribution is 2.32. The minimum Gasteiger partial charge on any atom is -0.497 e. The van der Waals surface area contributed by atoms with Crippen molar-refractivity contribution < 1.29 is 9.47 Å². The molecule has 7 nitrogen and oxygen atoms in total. The predicted molar refractivity (Wildman–Crippen MR) is 107 cm³/mol. The molecule has 140 valence electrons. The second kappa shape index (κ2) is 8.35. The number of aromatic nitrogens is 3. The van der Waals surface area contributed by atoms with E-state index in [9.17, 15) is 0 Å². The van der Waals surface area contributed by atoms with Gasteiger partial charge in [0.1, 0.15) is 17.3 Å². The smallest absolute Gasteiger partial charge is 0.225 e. The van der Waals surface area contributed by atoms with Gasteiger partial charge in [0.2, 0.25) is 5.95 Å². The molecule has 3 aromatic rings. The first-order valence-corrected chi connectivity index (χ1v) is 8.64. The zero-order valence-electron chi connectivity index (χ0n) is 15.9. The summed E-state index contributed by atoms with van der Waals surface area (Å²) in [6.07, 6.45) is 3.51. The van der Waals surface area contributed by atoms with Crippen LogP contribution in [-0.2, 0) is 0 Å². The van der Waals surface area contributed by atoms with Gasteiger partial charge >= 0.3 is 0 Å². The first-order valence-electron chi connectivity index (χ1n) is 8.64. The van der Waals surface area contributed by atoms with Crippen molar-refractivity contribution in [2.24, 2.45) is 0 Å². The summed E-state index contributed by atoms with van der Waals surface area (Å²) in [6.45, 7) is 4.08. The number of nitrogens with one attached hydrogen (secondary N) is 2. The molecule has 7 heteroatoms. The molecule has 1 aromatic carbocycles. The van der Waals surface area contributed by atoms with E-state index in [2.05, 4.69) is 25.6 Å². The summed E-state index contributed by atoms with van der Waals surface area (Å²) in [4.78, 5) is 13.4. The fraction of sp³-hybridized carbons (Fsp3) is 0.250. The maximum absolute atomic E-state index is 5.46. The van der Waals surface area contributed by atoms with E-state index >= 15 is 0 Å². The second-order valence-corrected chi connectivity index (χ2v) is 6.19. The van der Waals surface area contributed by atoms with Gasteiger partial charge in [-0.1, -0.05) is 0 Å². The molecule has 0 spiro atoms. The summed E-state index contributed by atoms with van der Waals surface area (Å²) in [5.41, 5.74) is 2.47. The Morgan fingerprint density at radius 1 is 1.00 bits per heavy atom. The second-order valence-electron chi connectivity index (χ2n) is 6.19. The van der Waals surface area contributed by atoms with Crippen LogP contribution >= 0.6 is 0 Å². The van der Waals surface area contributed by atoms with Gasteiger partial charge in [0, 0.05) is 36.1 Å². The molecule has 0 atom stereocenters. The minimum absolute atomic E-state index is 0.206. The number of pyridine rings is 1. The summed E-state index contributed by atoms with van der Waals surface area (Å²) in [5, 5.41) is 6.56. The third kappa shape index (κ3) is 4.63. The number of anilines is 3. The van der Waals surface area contributed by atoms with E-state index in [1.807, 2.05) is 50.2 Å². The Kier molecular flexibility index (Phi) is 5.71. The molecule has 2 aromatic heterocycles. The lowest BCUT2D eigenvalue weighted by Gasteiger charge is -2.15. The average Bonchev–Trinajstić information content (AvgIpc) is 2.68. The van der Waals surface area contributed by atoms with Crippen molar-refractivity contribution in [2.75, 3.05) is 24.9 Å². The summed E-state index contributed by atoms with van der Waals surface area (Å²) >= 11 is 0. The Morgan fingerprint density at radius 2 is 1.85 bits per heavy atom. The van der Waals surface area contributed by atoms with Crippen molar-refractivity contribution in [3.05, 3.63) is 48.8 Å². The Hall–Kier alpha value is -3.35. The van der Waals surface area contributed by atoms with Crippen LogP contribution in [0, 0.1) is 0 Å². The van der Waals surface area contributed by atoms with E-state index in [-0.39, 0.29) is 6.04 Å². The van der Waals surface area contributed by atoms with Gasteiger partial charge in [-0.25, -0.2) is 4.98 Å². The number of benzene rings is 1. The van der Waals surface area contributed by atoms with Crippen LogP contribution in [-0.4, -0.2) is 35.2 Å². The average molecular weight is 365 g/mol. The van der Waals surface area contributed by atoms with E-state index in [0.29, 0.717) is 17.5 Å². The van der Waals surface area contributed by atoms with E-state index in [1.165, 1.54) is 0 Å². The monoisotopic (exact) mass is 365 g/mol. The van der Waals surface area contributed by atoms with Crippen molar-refractivity contribution in [2.45, 2.75) is 19.9 Å². The molecule has 0 amide bonds. The maximum Gasteiger partial charge on any atom is 0.225 e. The van der Waals surface area contributed by atoms with Crippen molar-refractivity contribution >= 4 is 17.5 Å². The van der Waals surface area contributed by atoms with E-state index < -0.39 is 0 Å². The number of hydrogen-bond donors (Lipinski definition) is 2. The zero-order valence-corrected chi connectivity index (χ0v) is 15.9. The van der Waals surface area contributed by atoms with Crippen molar-refractivity contribution in [3.63, 3.8) is 0 Å². The molecule has 0 saturated carbocycles. The predicted octanol–water partition coefficient (Wildman–Crippen LogP) is 4.12. The van der Waals surface area contributed by atoms with Crippen molar-refractivity contribution in [3.8, 4) is 22.8 Å². The van der Waals surface area contributed by atoms with Gasteiger partial charge in [-0.05, 0) is 38.1 Å². The van der Waals surface area contributed by atoms with Crippen LogP contribution in [0.15, 0.2) is 48.8 Å². The van der Waals surface area contributed by atoms with Gasteiger partial charge in [-0.2, -0.15) is 4.98 Å². The summed E-state index contributed by atoms with van der Waals surface area (Å²) in [5.74, 6) is 2.57. The summed E-state index contributed by atoms with van der Waals surface area (Å²) in [7, 11) is 3.24. The van der Waals surface area contributed by atoms with E-state index in [1.54, 1.807) is 26.6 Å². The lowest BCUT2D eigenvalue weighted by atomic mass is 10.2. The van der Waals surface area contributed by atoms with Crippen LogP contribution in [0.3, 0.4) is 0 Å². The lowest BCUT2D eigenvalue weighted by molar-refractivity contribution is 0.395. The van der Waals surface area contributed by atoms with Gasteiger partial charge in [0.25, 0.3) is 0 Å². The number of nitrogens with zero attached hydrogens (tertiary/aromatic N) is 3. The zero-order chi connectivity index (χ0) is 19.2. The lowest BCUT2D eigenvalue weighted by Crippen LogP contribution is -2.13. The van der Waals surface area contributed by atoms with E-state index in [4.69, 9.17) is 9.47 Å². The highest BCUT2D eigenvalue weighted by Gasteiger charge is 2.11. The third-order valence-corrected chi connectivity index (χ3v) is 3.77. The number of rotatable bonds is 7. The number of hydrogen-bond acceptors (Lipinski definition) is 7. The first-order chi connectivity index (χ1) is 13.1. The number of methoxy groups -OCH3 is 2. The maximum atomic E-state index is 5.46. The van der Waals surface area contributed by atoms with Crippen LogP contribution in [0.25, 0.3) is 11.3 Å². The highest BCUT2D eigenvalue weighted by atomic mass is 16.5. The third-order valence-electron chi connectivity index (χ3n) is 3.77. The molecule has 0 unspecified atom stereocenters. The van der Waals surface area contributed by atoms with Gasteiger partial charge in [-0.3, -0.25) is 4.98 Å². The SMILES string of the molecule is COc1ccc(Nc2cc(-c3cccnc3)nc(NC(C)C)n2)c(OC)c1. The molecule has 2 N–H and O–H groups in total. The van der Waals surface area contributed by atoms with Crippen LogP contribution in [0.2, 0.25) is 0 Å². The normalized spacial score (nSPS) is 10.6. The van der Waals surface area contributed by atoms with Crippen LogP contribution in [0.4, 0.5) is 17.5 Å². The minimum atomic E-state index is 0.206. The highest BCUT2D eigenvalue weighted by molar-refractivity contribution is 5.70. The summed E-state index contributed by atoms with van der Waals surface area (Å²) in [6, 6.07) is 11.5. The van der Waals surface area contributed by atoms with Crippen molar-refractivity contribution in [1.82, 2.24) is 15.0 Å². The molecule has 0 radical (unpaired) electrons. The molecular formula is C20H23N5O2. The molecule has 0 aliphatic carbocycles. The molecule has 3 rings (SSSR count). The molecule has 2 heterocycles. The Labute approximate surface area is 158 Å². The van der Waals surface area contributed by atoms with Gasteiger partial charge in [0.05, 0.1) is 25.6 Å². The molecule has 0 aliphatic heterocycles. The first kappa shape index (κ1) is 18.4. The standard InChI is InChI=1S/C20H23N5O2/c1-13(2)22-20-24-17(14-6-5-9-21-12-14)11-19(25-20)23-16-8-7-15(26-3)10-18(16)27-4/h5-13H,1-4H3,(H2,22,23,24,25).